The lowest BCUT2D eigenvalue weighted by molar-refractivity contribution is -0.129. The molecular weight excluding hydrogens is 366 g/mol. The van der Waals surface area contributed by atoms with E-state index in [9.17, 15) is 13.2 Å². The first-order valence-electron chi connectivity index (χ1n) is 8.91. The number of likely N-dealkylation sites (tertiary alicyclic amines) is 1. The van der Waals surface area contributed by atoms with Gasteiger partial charge in [-0.3, -0.25) is 4.79 Å². The Bertz CT molecular complexity index is 883. The molecule has 1 fully saturated rings. The summed E-state index contributed by atoms with van der Waals surface area (Å²) in [5, 5.41) is 7.20. The predicted octanol–water partition coefficient (Wildman–Crippen LogP) is 1.88. The van der Waals surface area contributed by atoms with E-state index in [4.69, 9.17) is 4.74 Å². The third-order valence-corrected chi connectivity index (χ3v) is 6.73. The number of carbonyl (C=O) groups is 1. The number of benzene rings is 1. The van der Waals surface area contributed by atoms with Crippen molar-refractivity contribution in [1.82, 2.24) is 15.1 Å². The Morgan fingerprint density at radius 1 is 1.26 bits per heavy atom. The minimum Gasteiger partial charge on any atom is -0.471 e. The van der Waals surface area contributed by atoms with Crippen molar-refractivity contribution in [3.8, 4) is 5.88 Å². The Hall–Kier alpha value is -2.48. The topological polar surface area (TPSA) is 89.5 Å². The molecule has 0 bridgehead atoms. The first kappa shape index (κ1) is 19.3. The van der Waals surface area contributed by atoms with E-state index in [1.165, 1.54) is 0 Å². The molecule has 0 N–H and O–H groups in total. The number of nitrogens with zero attached hydrogens (tertiary/aromatic N) is 3. The lowest BCUT2D eigenvalue weighted by Crippen LogP contribution is -2.32. The van der Waals surface area contributed by atoms with Crippen LogP contribution in [0.4, 0.5) is 0 Å². The molecule has 1 aromatic carbocycles. The molecule has 1 aliphatic rings. The molecule has 1 amide bonds. The molecule has 1 unspecified atom stereocenters. The van der Waals surface area contributed by atoms with Crippen molar-refractivity contribution >= 4 is 15.7 Å². The average Bonchev–Trinajstić information content (AvgIpc) is 3.11. The molecule has 2 heterocycles. The van der Waals surface area contributed by atoms with E-state index in [0.29, 0.717) is 19.0 Å². The summed E-state index contributed by atoms with van der Waals surface area (Å²) in [4.78, 5) is 14.6. The van der Waals surface area contributed by atoms with Gasteiger partial charge in [-0.25, -0.2) is 8.42 Å². The Labute approximate surface area is 159 Å². The van der Waals surface area contributed by atoms with E-state index in [0.717, 1.165) is 12.0 Å². The summed E-state index contributed by atoms with van der Waals surface area (Å²) in [5.41, 5.74) is 0.793. The van der Waals surface area contributed by atoms with Gasteiger partial charge >= 0.3 is 0 Å². The quantitative estimate of drug-likeness (QED) is 0.749. The fraction of sp³-hybridized carbons (Fsp3) is 0.421. The number of sulfone groups is 1. The molecule has 27 heavy (non-hydrogen) atoms. The highest BCUT2D eigenvalue weighted by molar-refractivity contribution is 7.92. The third-order valence-electron chi connectivity index (χ3n) is 4.56. The van der Waals surface area contributed by atoms with Crippen molar-refractivity contribution in [2.45, 2.75) is 42.9 Å². The summed E-state index contributed by atoms with van der Waals surface area (Å²) in [5.74, 6) is 0.457. The minimum absolute atomic E-state index is 0.000266. The second-order valence-corrected chi connectivity index (χ2v) is 9.35. The molecule has 8 heteroatoms. The first-order chi connectivity index (χ1) is 12.9. The Morgan fingerprint density at radius 2 is 2.00 bits per heavy atom. The zero-order chi connectivity index (χ0) is 19.4. The van der Waals surface area contributed by atoms with Gasteiger partial charge in [-0.15, -0.1) is 5.10 Å². The van der Waals surface area contributed by atoms with Crippen molar-refractivity contribution < 1.29 is 17.9 Å². The fourth-order valence-electron chi connectivity index (χ4n) is 2.93. The van der Waals surface area contributed by atoms with E-state index in [1.807, 2.05) is 0 Å². The molecule has 0 radical (unpaired) electrons. The largest absolute Gasteiger partial charge is 0.471 e. The maximum absolute atomic E-state index is 12.5. The predicted molar refractivity (Wildman–Crippen MR) is 100 cm³/mol. The van der Waals surface area contributed by atoms with Gasteiger partial charge in [0.1, 0.15) is 6.10 Å². The molecular formula is C19H23N3O4S. The van der Waals surface area contributed by atoms with Gasteiger partial charge in [-0.1, -0.05) is 12.1 Å². The summed E-state index contributed by atoms with van der Waals surface area (Å²) in [6, 6.07) is 10.0. The van der Waals surface area contributed by atoms with Crippen LogP contribution in [0.5, 0.6) is 5.88 Å². The van der Waals surface area contributed by atoms with Crippen LogP contribution in [0.25, 0.3) is 0 Å². The summed E-state index contributed by atoms with van der Waals surface area (Å²) in [6.45, 7) is 4.44. The van der Waals surface area contributed by atoms with Gasteiger partial charge in [-0.2, -0.15) is 5.10 Å². The number of rotatable bonds is 6. The molecule has 0 saturated carbocycles. The van der Waals surface area contributed by atoms with E-state index in [2.05, 4.69) is 10.2 Å². The third kappa shape index (κ3) is 4.63. The highest BCUT2D eigenvalue weighted by atomic mass is 32.2. The monoisotopic (exact) mass is 389 g/mol. The lowest BCUT2D eigenvalue weighted by atomic mass is 10.1. The van der Waals surface area contributed by atoms with Gasteiger partial charge in [0, 0.05) is 25.2 Å². The molecule has 1 saturated heterocycles. The lowest BCUT2D eigenvalue weighted by Gasteiger charge is -2.17. The second-order valence-electron chi connectivity index (χ2n) is 6.84. The molecule has 1 aromatic heterocycles. The van der Waals surface area contributed by atoms with Gasteiger partial charge in [0.05, 0.1) is 23.1 Å². The van der Waals surface area contributed by atoms with Crippen LogP contribution in [0.1, 0.15) is 25.8 Å². The number of ether oxygens (including phenoxy) is 1. The van der Waals surface area contributed by atoms with Gasteiger partial charge in [0.2, 0.25) is 11.8 Å². The Morgan fingerprint density at radius 3 is 2.63 bits per heavy atom. The summed E-state index contributed by atoms with van der Waals surface area (Å²) in [6.07, 6.45) is 2.46. The number of amides is 1. The van der Waals surface area contributed by atoms with Gasteiger partial charge in [-0.05, 0) is 37.6 Å². The van der Waals surface area contributed by atoms with E-state index < -0.39 is 15.1 Å². The van der Waals surface area contributed by atoms with E-state index in [-0.39, 0.29) is 23.3 Å². The standard InChI is InChI=1S/C19H23N3O4S/c1-14(2)27(24,25)17-7-5-15(6-8-17)12-19(23)22-11-9-16(13-22)26-18-4-3-10-20-21-18/h3-8,10,14,16H,9,11-13H2,1-2H3. The highest BCUT2D eigenvalue weighted by Crippen LogP contribution is 2.19. The molecule has 0 spiro atoms. The van der Waals surface area contributed by atoms with Crippen molar-refractivity contribution in [3.63, 3.8) is 0 Å². The van der Waals surface area contributed by atoms with Crippen LogP contribution in [0, 0.1) is 0 Å². The summed E-state index contributed by atoms with van der Waals surface area (Å²) >= 11 is 0. The zero-order valence-electron chi connectivity index (χ0n) is 15.4. The van der Waals surface area contributed by atoms with Crippen LogP contribution in [-0.2, 0) is 21.1 Å². The second kappa shape index (κ2) is 8.04. The summed E-state index contributed by atoms with van der Waals surface area (Å²) < 4.78 is 30.1. The molecule has 1 atom stereocenters. The molecule has 3 rings (SSSR count). The number of aromatic nitrogens is 2. The number of hydrogen-bond acceptors (Lipinski definition) is 6. The molecule has 2 aromatic rings. The van der Waals surface area contributed by atoms with Gasteiger partial charge < -0.3 is 9.64 Å². The van der Waals surface area contributed by atoms with Crippen LogP contribution in [0.2, 0.25) is 0 Å². The van der Waals surface area contributed by atoms with Crippen LogP contribution < -0.4 is 4.74 Å². The Kier molecular flexibility index (Phi) is 5.74. The normalized spacial score (nSPS) is 17.3. The van der Waals surface area contributed by atoms with Crippen molar-refractivity contribution in [2.75, 3.05) is 13.1 Å². The fourth-order valence-corrected chi connectivity index (χ4v) is 3.99. The smallest absolute Gasteiger partial charge is 0.233 e. The molecule has 144 valence electrons. The highest BCUT2D eigenvalue weighted by Gasteiger charge is 2.28. The summed E-state index contributed by atoms with van der Waals surface area (Å²) in [7, 11) is -3.30. The van der Waals surface area contributed by atoms with E-state index >= 15 is 0 Å². The van der Waals surface area contributed by atoms with E-state index in [1.54, 1.807) is 61.3 Å². The van der Waals surface area contributed by atoms with Crippen molar-refractivity contribution in [2.24, 2.45) is 0 Å². The van der Waals surface area contributed by atoms with Crippen molar-refractivity contribution in [3.05, 3.63) is 48.2 Å². The van der Waals surface area contributed by atoms with Crippen LogP contribution >= 0.6 is 0 Å². The minimum atomic E-state index is -3.30. The maximum Gasteiger partial charge on any atom is 0.233 e. The van der Waals surface area contributed by atoms with Gasteiger partial charge in [0.15, 0.2) is 9.84 Å². The Balaban J connectivity index is 1.56. The number of hydrogen-bond donors (Lipinski definition) is 0. The van der Waals surface area contributed by atoms with Gasteiger partial charge in [0.25, 0.3) is 0 Å². The maximum atomic E-state index is 12.5. The molecule has 7 nitrogen and oxygen atoms in total. The SMILES string of the molecule is CC(C)S(=O)(=O)c1ccc(CC(=O)N2CCC(Oc3cccnn3)C2)cc1. The molecule has 1 aliphatic heterocycles. The number of carbonyl (C=O) groups excluding carboxylic acids is 1. The average molecular weight is 389 g/mol. The van der Waals surface area contributed by atoms with Crippen LogP contribution in [0.3, 0.4) is 0 Å². The first-order valence-corrected chi connectivity index (χ1v) is 10.5. The zero-order valence-corrected chi connectivity index (χ0v) is 16.2. The van der Waals surface area contributed by atoms with Crippen LogP contribution in [-0.4, -0.2) is 53.9 Å². The molecule has 0 aliphatic carbocycles. The van der Waals surface area contributed by atoms with Crippen LogP contribution in [0.15, 0.2) is 47.5 Å². The van der Waals surface area contributed by atoms with Crippen molar-refractivity contribution in [1.29, 1.82) is 0 Å².